The van der Waals surface area contributed by atoms with Crippen LogP contribution in [0.3, 0.4) is 0 Å². The molecule has 0 aliphatic carbocycles. The minimum Gasteiger partial charge on any atom is -0.497 e. The van der Waals surface area contributed by atoms with Gasteiger partial charge in [0.1, 0.15) is 12.3 Å². The average Bonchev–Trinajstić information content (AvgIpc) is 2.72. The van der Waals surface area contributed by atoms with Gasteiger partial charge in [0.15, 0.2) is 0 Å². The Hall–Kier alpha value is -2.54. The number of hydrogen-bond acceptors (Lipinski definition) is 4. The van der Waals surface area contributed by atoms with Gasteiger partial charge in [-0.3, -0.25) is 9.10 Å². The van der Waals surface area contributed by atoms with Crippen LogP contribution in [0.5, 0.6) is 5.75 Å². The van der Waals surface area contributed by atoms with E-state index in [9.17, 15) is 13.2 Å². The van der Waals surface area contributed by atoms with Crippen molar-refractivity contribution in [2.75, 3.05) is 37.3 Å². The molecule has 2 aromatic carbocycles. The maximum atomic E-state index is 12.8. The number of anilines is 1. The van der Waals surface area contributed by atoms with E-state index in [1.54, 1.807) is 29.2 Å². The van der Waals surface area contributed by atoms with Gasteiger partial charge in [0.05, 0.1) is 19.1 Å². The van der Waals surface area contributed by atoms with Gasteiger partial charge in [0.2, 0.25) is 15.9 Å². The van der Waals surface area contributed by atoms with Gasteiger partial charge in [0, 0.05) is 19.2 Å². The van der Waals surface area contributed by atoms with Gasteiger partial charge < -0.3 is 9.64 Å². The number of benzene rings is 2. The molecule has 0 spiro atoms. The number of carbonyl (C=O) groups excluding carboxylic acids is 1. The fraction of sp³-hybridized carbons (Fsp3) is 0.409. The zero-order chi connectivity index (χ0) is 20.9. The van der Waals surface area contributed by atoms with Gasteiger partial charge in [0.25, 0.3) is 0 Å². The molecule has 0 N–H and O–H groups in total. The molecule has 2 aromatic rings. The number of piperidine rings is 1. The Morgan fingerprint density at radius 1 is 1.10 bits per heavy atom. The topological polar surface area (TPSA) is 66.9 Å². The van der Waals surface area contributed by atoms with Crippen LogP contribution in [0.15, 0.2) is 54.6 Å². The quantitative estimate of drug-likeness (QED) is 0.696. The van der Waals surface area contributed by atoms with Crippen LogP contribution in [0.25, 0.3) is 0 Å². The highest BCUT2D eigenvalue weighted by molar-refractivity contribution is 7.92. The maximum absolute atomic E-state index is 12.8. The second-order valence-electron chi connectivity index (χ2n) is 7.48. The third-order valence-electron chi connectivity index (χ3n) is 5.35. The molecule has 0 aromatic heterocycles. The summed E-state index contributed by atoms with van der Waals surface area (Å²) in [4.78, 5) is 14.6. The van der Waals surface area contributed by atoms with Crippen molar-refractivity contribution in [1.29, 1.82) is 0 Å². The van der Waals surface area contributed by atoms with E-state index >= 15 is 0 Å². The fourth-order valence-electron chi connectivity index (χ4n) is 3.72. The van der Waals surface area contributed by atoms with E-state index in [-0.39, 0.29) is 12.5 Å². The Bertz CT molecular complexity index is 923. The van der Waals surface area contributed by atoms with Crippen molar-refractivity contribution in [3.8, 4) is 5.75 Å². The zero-order valence-corrected chi connectivity index (χ0v) is 17.8. The number of likely N-dealkylation sites (tertiary alicyclic amines) is 1. The van der Waals surface area contributed by atoms with E-state index in [4.69, 9.17) is 4.74 Å². The van der Waals surface area contributed by atoms with Gasteiger partial charge in [-0.15, -0.1) is 0 Å². The fourth-order valence-corrected chi connectivity index (χ4v) is 4.56. The van der Waals surface area contributed by atoms with E-state index in [2.05, 4.69) is 12.1 Å². The van der Waals surface area contributed by atoms with Crippen LogP contribution in [0.2, 0.25) is 0 Å². The molecule has 156 valence electrons. The molecule has 0 saturated carbocycles. The molecule has 0 bridgehead atoms. The van der Waals surface area contributed by atoms with Crippen molar-refractivity contribution >= 4 is 21.6 Å². The van der Waals surface area contributed by atoms with Crippen LogP contribution >= 0.6 is 0 Å². The van der Waals surface area contributed by atoms with E-state index in [1.807, 2.05) is 18.2 Å². The highest BCUT2D eigenvalue weighted by Gasteiger charge is 2.27. The van der Waals surface area contributed by atoms with Crippen molar-refractivity contribution in [2.24, 2.45) is 5.92 Å². The lowest BCUT2D eigenvalue weighted by atomic mass is 9.90. The first-order valence-corrected chi connectivity index (χ1v) is 11.6. The maximum Gasteiger partial charge on any atom is 0.243 e. The van der Waals surface area contributed by atoms with Crippen molar-refractivity contribution < 1.29 is 17.9 Å². The molecule has 1 heterocycles. The van der Waals surface area contributed by atoms with Crippen molar-refractivity contribution in [2.45, 2.75) is 19.3 Å². The predicted molar refractivity (Wildman–Crippen MR) is 115 cm³/mol. The van der Waals surface area contributed by atoms with Crippen molar-refractivity contribution in [3.63, 3.8) is 0 Å². The van der Waals surface area contributed by atoms with Gasteiger partial charge in [-0.25, -0.2) is 8.42 Å². The summed E-state index contributed by atoms with van der Waals surface area (Å²) >= 11 is 0. The number of amides is 1. The molecule has 0 unspecified atom stereocenters. The minimum absolute atomic E-state index is 0.170. The van der Waals surface area contributed by atoms with Crippen molar-refractivity contribution in [3.05, 3.63) is 60.2 Å². The largest absolute Gasteiger partial charge is 0.497 e. The third-order valence-corrected chi connectivity index (χ3v) is 6.50. The number of ether oxygens (including phenoxy) is 1. The number of sulfonamides is 1. The second-order valence-corrected chi connectivity index (χ2v) is 9.39. The summed E-state index contributed by atoms with van der Waals surface area (Å²) in [6.45, 7) is 1.12. The highest BCUT2D eigenvalue weighted by Crippen LogP contribution is 2.25. The van der Waals surface area contributed by atoms with Crippen molar-refractivity contribution in [1.82, 2.24) is 4.90 Å². The lowest BCUT2D eigenvalue weighted by molar-refractivity contribution is -0.130. The smallest absolute Gasteiger partial charge is 0.243 e. The molecule has 3 rings (SSSR count). The van der Waals surface area contributed by atoms with Gasteiger partial charge in [-0.2, -0.15) is 0 Å². The molecule has 1 aliphatic rings. The second kappa shape index (κ2) is 9.31. The molecule has 1 fully saturated rings. The summed E-state index contributed by atoms with van der Waals surface area (Å²) in [5.41, 5.74) is 1.75. The Morgan fingerprint density at radius 3 is 2.41 bits per heavy atom. The third kappa shape index (κ3) is 5.73. The van der Waals surface area contributed by atoms with Crippen LogP contribution in [-0.4, -0.2) is 52.2 Å². The number of hydrogen-bond donors (Lipinski definition) is 0. The number of carbonyl (C=O) groups is 1. The predicted octanol–water partition coefficient (Wildman–Crippen LogP) is 2.94. The summed E-state index contributed by atoms with van der Waals surface area (Å²) in [6.07, 6.45) is 3.99. The number of methoxy groups -OCH3 is 1. The Balaban J connectivity index is 1.62. The summed E-state index contributed by atoms with van der Waals surface area (Å²) in [5, 5.41) is 0. The van der Waals surface area contributed by atoms with E-state index < -0.39 is 10.0 Å². The first-order chi connectivity index (χ1) is 13.9. The molecule has 1 saturated heterocycles. The molecule has 1 amide bonds. The number of nitrogens with zero attached hydrogens (tertiary/aromatic N) is 2. The Labute approximate surface area is 173 Å². The van der Waals surface area contributed by atoms with E-state index in [0.29, 0.717) is 30.4 Å². The highest BCUT2D eigenvalue weighted by atomic mass is 32.2. The first-order valence-electron chi connectivity index (χ1n) is 9.80. The van der Waals surface area contributed by atoms with Gasteiger partial charge in [-0.05, 0) is 42.9 Å². The molecular formula is C22H28N2O4S. The van der Waals surface area contributed by atoms with E-state index in [0.717, 1.165) is 29.8 Å². The van der Waals surface area contributed by atoms with E-state index in [1.165, 1.54) is 12.7 Å². The summed E-state index contributed by atoms with van der Waals surface area (Å²) in [5.74, 6) is 0.924. The molecule has 29 heavy (non-hydrogen) atoms. The molecule has 0 atom stereocenters. The normalized spacial score (nSPS) is 15.2. The zero-order valence-electron chi connectivity index (χ0n) is 17.0. The Kier molecular flexibility index (Phi) is 6.79. The monoisotopic (exact) mass is 416 g/mol. The standard InChI is InChI=1S/C22H28N2O4S/c1-28-21-10-6-9-20(16-21)24(29(2,26)27)17-22(25)23-13-11-19(12-14-23)15-18-7-4-3-5-8-18/h3-10,16,19H,11-15,17H2,1-2H3. The Morgan fingerprint density at radius 2 is 1.79 bits per heavy atom. The first kappa shape index (κ1) is 21.2. The lowest BCUT2D eigenvalue weighted by Gasteiger charge is -2.33. The SMILES string of the molecule is COc1cccc(N(CC(=O)N2CCC(Cc3ccccc3)CC2)S(C)(=O)=O)c1. The van der Waals surface area contributed by atoms with Gasteiger partial charge >= 0.3 is 0 Å². The van der Waals surface area contributed by atoms with Crippen LogP contribution < -0.4 is 9.04 Å². The van der Waals surface area contributed by atoms with Crippen LogP contribution in [-0.2, 0) is 21.2 Å². The molecular weight excluding hydrogens is 388 g/mol. The molecule has 1 aliphatic heterocycles. The summed E-state index contributed by atoms with van der Waals surface area (Å²) in [6, 6.07) is 17.1. The average molecular weight is 417 g/mol. The van der Waals surface area contributed by atoms with Crippen LogP contribution in [0.1, 0.15) is 18.4 Å². The minimum atomic E-state index is -3.60. The molecule has 0 radical (unpaired) electrons. The summed E-state index contributed by atoms with van der Waals surface area (Å²) in [7, 11) is -2.08. The molecule has 6 nitrogen and oxygen atoms in total. The van der Waals surface area contributed by atoms with Crippen LogP contribution in [0, 0.1) is 5.92 Å². The van der Waals surface area contributed by atoms with Crippen LogP contribution in [0.4, 0.5) is 5.69 Å². The number of rotatable bonds is 7. The summed E-state index contributed by atoms with van der Waals surface area (Å²) < 4.78 is 31.0. The van der Waals surface area contributed by atoms with Gasteiger partial charge in [-0.1, -0.05) is 36.4 Å². The molecule has 7 heteroatoms. The lowest BCUT2D eigenvalue weighted by Crippen LogP contribution is -2.45.